The third-order valence-electron chi connectivity index (χ3n) is 6.05. The summed E-state index contributed by atoms with van der Waals surface area (Å²) in [6, 6.07) is 10.4. The fraction of sp³-hybridized carbons (Fsp3) is 0.364. The molecule has 5 rings (SSSR count). The molecule has 0 radical (unpaired) electrons. The third-order valence-corrected chi connectivity index (χ3v) is 6.95. The Morgan fingerprint density at radius 2 is 2.16 bits per heavy atom. The number of amides is 1. The van der Waals surface area contributed by atoms with Crippen molar-refractivity contribution in [2.45, 2.75) is 37.9 Å². The van der Waals surface area contributed by atoms with Crippen LogP contribution in [0.1, 0.15) is 35.2 Å². The maximum Gasteiger partial charge on any atom is 0.257 e. The lowest BCUT2D eigenvalue weighted by molar-refractivity contribution is 0.102. The smallest absolute Gasteiger partial charge is 0.257 e. The number of aromatic nitrogens is 3. The normalized spacial score (nSPS) is 22.3. The van der Waals surface area contributed by atoms with E-state index in [0.717, 1.165) is 47.1 Å². The molecule has 2 aliphatic rings. The summed E-state index contributed by atoms with van der Waals surface area (Å²) in [6.45, 7) is 1.36. The van der Waals surface area contributed by atoms with Crippen LogP contribution in [0, 0.1) is 5.92 Å². The maximum atomic E-state index is 12.6. The number of fused-ring (bicyclic) bond motifs is 1. The molecule has 1 saturated carbocycles. The molecule has 3 atom stereocenters. The Labute approximate surface area is 190 Å². The van der Waals surface area contributed by atoms with Crippen LogP contribution in [0.3, 0.4) is 0 Å². The van der Waals surface area contributed by atoms with Gasteiger partial charge in [-0.2, -0.15) is 0 Å². The van der Waals surface area contributed by atoms with Crippen LogP contribution in [-0.2, 0) is 6.54 Å². The van der Waals surface area contributed by atoms with E-state index in [4.69, 9.17) is 5.73 Å². The lowest BCUT2D eigenvalue weighted by atomic mass is 9.83. The number of anilines is 2. The van der Waals surface area contributed by atoms with E-state index in [1.807, 2.05) is 24.3 Å². The van der Waals surface area contributed by atoms with Crippen LogP contribution in [0.15, 0.2) is 42.7 Å². The minimum Gasteiger partial charge on any atom is -0.357 e. The van der Waals surface area contributed by atoms with Crippen molar-refractivity contribution in [3.63, 3.8) is 0 Å². The fourth-order valence-corrected chi connectivity index (χ4v) is 5.18. The minimum absolute atomic E-state index is 0.226. The van der Waals surface area contributed by atoms with Crippen molar-refractivity contribution in [2.75, 3.05) is 17.2 Å². The van der Waals surface area contributed by atoms with Crippen LogP contribution in [0.5, 0.6) is 0 Å². The zero-order valence-electron chi connectivity index (χ0n) is 17.5. The highest BCUT2D eigenvalue weighted by molar-refractivity contribution is 7.18. The first-order chi connectivity index (χ1) is 15.7. The highest BCUT2D eigenvalue weighted by Crippen LogP contribution is 2.32. The predicted molar refractivity (Wildman–Crippen MR) is 125 cm³/mol. The fourth-order valence-electron chi connectivity index (χ4n) is 4.36. The van der Waals surface area contributed by atoms with Gasteiger partial charge in [0.2, 0.25) is 5.13 Å². The first kappa shape index (κ1) is 21.0. The molecule has 10 heteroatoms. The number of hydrazine groups is 1. The van der Waals surface area contributed by atoms with Crippen molar-refractivity contribution in [3.8, 4) is 10.6 Å². The standard InChI is InChI=1S/C22H26N8OS/c23-9-13-6-16(11-24-10-13)20(31)26-17-3-1-2-14(7-17)21-29-30-22(32-21)27-18-4-5-19-15(8-18)12-25-28-19/h1-3,6-7,10-11,15,18-19,25,28H,4-5,8-9,12,23H2,(H,26,31)(H,27,30). The Kier molecular flexibility index (Phi) is 6.08. The van der Waals surface area contributed by atoms with Crippen LogP contribution in [0.2, 0.25) is 0 Å². The lowest BCUT2D eigenvalue weighted by Gasteiger charge is -2.30. The molecule has 0 spiro atoms. The van der Waals surface area contributed by atoms with E-state index in [1.165, 1.54) is 17.5 Å². The summed E-state index contributed by atoms with van der Waals surface area (Å²) in [6.07, 6.45) is 6.60. The number of benzene rings is 1. The molecule has 2 aromatic heterocycles. The second-order valence-electron chi connectivity index (χ2n) is 8.28. The van der Waals surface area contributed by atoms with Crippen molar-refractivity contribution in [1.82, 2.24) is 26.0 Å². The SMILES string of the molecule is NCc1cncc(C(=O)Nc2cccc(-c3nnc(NC4CCC5NNCC5C4)s3)c2)c1. The summed E-state index contributed by atoms with van der Waals surface area (Å²) in [4.78, 5) is 16.7. The average molecular weight is 451 g/mol. The monoisotopic (exact) mass is 450 g/mol. The number of nitrogens with one attached hydrogen (secondary N) is 4. The zero-order valence-corrected chi connectivity index (χ0v) is 18.4. The second-order valence-corrected chi connectivity index (χ2v) is 9.26. The van der Waals surface area contributed by atoms with Gasteiger partial charge in [-0.15, -0.1) is 10.2 Å². The number of hydrogen-bond acceptors (Lipinski definition) is 9. The molecular weight excluding hydrogens is 424 g/mol. The van der Waals surface area contributed by atoms with Crippen LogP contribution < -0.4 is 27.2 Å². The van der Waals surface area contributed by atoms with Gasteiger partial charge >= 0.3 is 0 Å². The van der Waals surface area contributed by atoms with Crippen molar-refractivity contribution in [1.29, 1.82) is 0 Å². The third kappa shape index (κ3) is 4.63. The Balaban J connectivity index is 1.24. The van der Waals surface area contributed by atoms with Crippen LogP contribution in [0.4, 0.5) is 10.8 Å². The average Bonchev–Trinajstić information content (AvgIpc) is 3.48. The molecule has 1 aromatic carbocycles. The molecular formula is C22H26N8OS. The minimum atomic E-state index is -0.226. The second kappa shape index (κ2) is 9.29. The number of hydrogen-bond donors (Lipinski definition) is 5. The number of pyridine rings is 1. The zero-order chi connectivity index (χ0) is 21.9. The largest absolute Gasteiger partial charge is 0.357 e. The molecule has 1 amide bonds. The van der Waals surface area contributed by atoms with Gasteiger partial charge in [0.15, 0.2) is 0 Å². The Morgan fingerprint density at radius 3 is 3.06 bits per heavy atom. The van der Waals surface area contributed by atoms with Crippen molar-refractivity contribution < 1.29 is 4.79 Å². The molecule has 1 aliphatic carbocycles. The van der Waals surface area contributed by atoms with Gasteiger partial charge in [-0.05, 0) is 48.9 Å². The van der Waals surface area contributed by atoms with E-state index in [2.05, 4.69) is 36.7 Å². The molecule has 0 bridgehead atoms. The Hall–Kier alpha value is -2.92. The first-order valence-electron chi connectivity index (χ1n) is 10.8. The van der Waals surface area contributed by atoms with Gasteiger partial charge in [-0.25, -0.2) is 0 Å². The summed E-state index contributed by atoms with van der Waals surface area (Å²) in [7, 11) is 0. The molecule has 1 saturated heterocycles. The first-order valence-corrected chi connectivity index (χ1v) is 11.6. The molecule has 2 fully saturated rings. The number of carbonyl (C=O) groups excluding carboxylic acids is 1. The maximum absolute atomic E-state index is 12.6. The number of rotatable bonds is 6. The van der Waals surface area contributed by atoms with Gasteiger partial charge in [0.1, 0.15) is 5.01 Å². The Morgan fingerprint density at radius 1 is 1.22 bits per heavy atom. The van der Waals surface area contributed by atoms with E-state index in [-0.39, 0.29) is 5.91 Å². The van der Waals surface area contributed by atoms with Gasteiger partial charge in [0, 0.05) is 48.8 Å². The van der Waals surface area contributed by atoms with Gasteiger partial charge in [0.05, 0.1) is 5.56 Å². The van der Waals surface area contributed by atoms with E-state index >= 15 is 0 Å². The van der Waals surface area contributed by atoms with E-state index in [1.54, 1.807) is 12.3 Å². The molecule has 6 N–H and O–H groups in total. The summed E-state index contributed by atoms with van der Waals surface area (Å²) in [5, 5.41) is 16.8. The van der Waals surface area contributed by atoms with E-state index < -0.39 is 0 Å². The van der Waals surface area contributed by atoms with Crippen LogP contribution >= 0.6 is 11.3 Å². The highest BCUT2D eigenvalue weighted by atomic mass is 32.1. The number of carbonyl (C=O) groups is 1. The van der Waals surface area contributed by atoms with E-state index in [0.29, 0.717) is 35.8 Å². The molecule has 9 nitrogen and oxygen atoms in total. The summed E-state index contributed by atoms with van der Waals surface area (Å²) in [5.74, 6) is 0.436. The topological polar surface area (TPSA) is 130 Å². The number of nitrogens with zero attached hydrogens (tertiary/aromatic N) is 3. The van der Waals surface area contributed by atoms with Crippen LogP contribution in [-0.4, -0.2) is 39.7 Å². The van der Waals surface area contributed by atoms with Gasteiger partial charge in [-0.1, -0.05) is 23.5 Å². The summed E-state index contributed by atoms with van der Waals surface area (Å²) in [5.41, 5.74) is 15.2. The van der Waals surface area contributed by atoms with Gasteiger partial charge < -0.3 is 16.4 Å². The predicted octanol–water partition coefficient (Wildman–Crippen LogP) is 2.37. The van der Waals surface area contributed by atoms with Gasteiger partial charge in [0.25, 0.3) is 5.91 Å². The molecule has 166 valence electrons. The van der Waals surface area contributed by atoms with Crippen molar-refractivity contribution in [3.05, 3.63) is 53.9 Å². The van der Waals surface area contributed by atoms with Crippen molar-refractivity contribution in [2.24, 2.45) is 11.7 Å². The molecule has 3 aromatic rings. The quantitative estimate of drug-likeness (QED) is 0.387. The molecule has 1 aliphatic heterocycles. The summed E-state index contributed by atoms with van der Waals surface area (Å²) >= 11 is 1.53. The molecule has 32 heavy (non-hydrogen) atoms. The molecule has 3 heterocycles. The number of nitrogens with two attached hydrogens (primary N) is 1. The lowest BCUT2D eigenvalue weighted by Crippen LogP contribution is -2.39. The van der Waals surface area contributed by atoms with Gasteiger partial charge in [-0.3, -0.25) is 20.6 Å². The van der Waals surface area contributed by atoms with Crippen LogP contribution in [0.25, 0.3) is 10.6 Å². The summed E-state index contributed by atoms with van der Waals surface area (Å²) < 4.78 is 0. The highest BCUT2D eigenvalue weighted by Gasteiger charge is 2.34. The molecule has 3 unspecified atom stereocenters. The van der Waals surface area contributed by atoms with E-state index in [9.17, 15) is 4.79 Å². The van der Waals surface area contributed by atoms with Crippen molar-refractivity contribution >= 4 is 28.1 Å². The Bertz CT molecular complexity index is 1100.